The second-order valence-electron chi connectivity index (χ2n) is 4.19. The van der Waals surface area contributed by atoms with Crippen molar-refractivity contribution < 1.29 is 4.74 Å². The molecule has 1 N–H and O–H groups in total. The lowest BCUT2D eigenvalue weighted by molar-refractivity contribution is 0.397. The molecule has 0 aliphatic heterocycles. The normalized spacial score (nSPS) is 10.8. The molecule has 0 unspecified atom stereocenters. The molecule has 20 heavy (non-hydrogen) atoms. The van der Waals surface area contributed by atoms with Gasteiger partial charge in [-0.15, -0.1) is 11.3 Å². The van der Waals surface area contributed by atoms with E-state index in [0.29, 0.717) is 21.9 Å². The lowest BCUT2D eigenvalue weighted by Crippen LogP contribution is -2.21. The van der Waals surface area contributed by atoms with Crippen LogP contribution in [0.2, 0.25) is 0 Å². The molecule has 3 aromatic heterocycles. The zero-order chi connectivity index (χ0) is 14.1. The zero-order valence-electron chi connectivity index (χ0n) is 10.6. The predicted octanol–water partition coefficient (Wildman–Crippen LogP) is 2.57. The van der Waals surface area contributed by atoms with Gasteiger partial charge in [0.25, 0.3) is 5.56 Å². The molecule has 0 saturated carbocycles. The average Bonchev–Trinajstić information content (AvgIpc) is 2.92. The summed E-state index contributed by atoms with van der Waals surface area (Å²) in [6, 6.07) is 5.49. The van der Waals surface area contributed by atoms with Crippen molar-refractivity contribution in [2.45, 2.75) is 6.54 Å². The maximum Gasteiger partial charge on any atom is 0.272 e. The molecule has 0 saturated heterocycles. The van der Waals surface area contributed by atoms with Crippen molar-refractivity contribution in [1.29, 1.82) is 0 Å². The Morgan fingerprint density at radius 1 is 1.50 bits per heavy atom. The van der Waals surface area contributed by atoms with Crippen LogP contribution < -0.4 is 10.3 Å². The van der Waals surface area contributed by atoms with Crippen molar-refractivity contribution in [3.63, 3.8) is 0 Å². The third-order valence-corrected chi connectivity index (χ3v) is 4.17. The molecule has 7 heteroatoms. The van der Waals surface area contributed by atoms with Gasteiger partial charge in [0, 0.05) is 12.3 Å². The maximum absolute atomic E-state index is 12.4. The quantitative estimate of drug-likeness (QED) is 0.756. The number of ether oxygens (including phenoxy) is 1. The van der Waals surface area contributed by atoms with E-state index in [9.17, 15) is 4.79 Å². The van der Waals surface area contributed by atoms with Crippen molar-refractivity contribution in [3.05, 3.63) is 50.5 Å². The van der Waals surface area contributed by atoms with E-state index in [0.717, 1.165) is 11.1 Å². The predicted molar refractivity (Wildman–Crippen MR) is 81.2 cm³/mol. The number of thiophene rings is 1. The summed E-state index contributed by atoms with van der Waals surface area (Å²) < 4.78 is 7.72. The smallest absolute Gasteiger partial charge is 0.272 e. The topological polar surface area (TPSA) is 59.9 Å². The Kier molecular flexibility index (Phi) is 3.37. The summed E-state index contributed by atoms with van der Waals surface area (Å²) >= 11 is 6.67. The van der Waals surface area contributed by atoms with Gasteiger partial charge < -0.3 is 9.72 Å². The van der Waals surface area contributed by atoms with Crippen LogP contribution in [0.4, 0.5) is 0 Å². The van der Waals surface area contributed by atoms with Gasteiger partial charge in [-0.2, -0.15) is 0 Å². The Morgan fingerprint density at radius 3 is 3.15 bits per heavy atom. The Morgan fingerprint density at radius 2 is 2.35 bits per heavy atom. The van der Waals surface area contributed by atoms with E-state index in [4.69, 9.17) is 17.0 Å². The van der Waals surface area contributed by atoms with Gasteiger partial charge in [0.05, 0.1) is 19.2 Å². The van der Waals surface area contributed by atoms with Crippen LogP contribution in [0.1, 0.15) is 5.56 Å². The highest BCUT2D eigenvalue weighted by Gasteiger charge is 2.08. The minimum Gasteiger partial charge on any atom is -0.481 e. The molecule has 3 rings (SSSR count). The number of nitrogens with zero attached hydrogens (tertiary/aromatic N) is 2. The Bertz CT molecular complexity index is 879. The molecular weight excluding hydrogens is 294 g/mol. The van der Waals surface area contributed by atoms with Crippen molar-refractivity contribution in [2.24, 2.45) is 0 Å². The van der Waals surface area contributed by atoms with Crippen molar-refractivity contribution >= 4 is 33.8 Å². The minimum atomic E-state index is -0.0745. The summed E-state index contributed by atoms with van der Waals surface area (Å²) in [6.45, 7) is 0.390. The number of hydrogen-bond acceptors (Lipinski definition) is 5. The van der Waals surface area contributed by atoms with Crippen LogP contribution in [0.3, 0.4) is 0 Å². The summed E-state index contributed by atoms with van der Waals surface area (Å²) in [4.78, 5) is 19.5. The SMILES string of the molecule is COc1cc(Cn2c(=S)[nH]c3ccsc3c2=O)ccn1. The number of methoxy groups -OCH3 is 1. The molecule has 0 aliphatic rings. The number of hydrogen-bond donors (Lipinski definition) is 1. The van der Waals surface area contributed by atoms with Gasteiger partial charge in [-0.3, -0.25) is 9.36 Å². The van der Waals surface area contributed by atoms with E-state index in [2.05, 4.69) is 9.97 Å². The van der Waals surface area contributed by atoms with E-state index in [1.54, 1.807) is 23.9 Å². The average molecular weight is 305 g/mol. The van der Waals surface area contributed by atoms with E-state index in [1.165, 1.54) is 11.3 Å². The van der Waals surface area contributed by atoms with Crippen molar-refractivity contribution in [3.8, 4) is 5.88 Å². The van der Waals surface area contributed by atoms with Crippen molar-refractivity contribution in [1.82, 2.24) is 14.5 Å². The van der Waals surface area contributed by atoms with Gasteiger partial charge >= 0.3 is 0 Å². The molecule has 0 aliphatic carbocycles. The van der Waals surface area contributed by atoms with Gasteiger partial charge in [-0.1, -0.05) is 0 Å². The van der Waals surface area contributed by atoms with E-state index in [1.807, 2.05) is 17.5 Å². The third kappa shape index (κ3) is 2.25. The molecule has 0 aromatic carbocycles. The van der Waals surface area contributed by atoms with Gasteiger partial charge in [-0.05, 0) is 35.3 Å². The number of H-pyrrole nitrogens is 1. The molecule has 0 atom stereocenters. The summed E-state index contributed by atoms with van der Waals surface area (Å²) in [7, 11) is 1.56. The first-order valence-corrected chi connectivity index (χ1v) is 7.17. The van der Waals surface area contributed by atoms with E-state index < -0.39 is 0 Å². The molecule has 3 heterocycles. The first-order chi connectivity index (χ1) is 9.69. The molecule has 3 aromatic rings. The molecule has 102 valence electrons. The highest BCUT2D eigenvalue weighted by atomic mass is 32.1. The number of rotatable bonds is 3. The number of fused-ring (bicyclic) bond motifs is 1. The standard InChI is InChI=1S/C13H11N3O2S2/c1-18-10-6-8(2-4-14-10)7-16-12(17)11-9(3-5-20-11)15-13(16)19/h2-6H,7H2,1H3,(H,15,19). The summed E-state index contributed by atoms with van der Waals surface area (Å²) in [5.74, 6) is 0.516. The number of nitrogens with one attached hydrogen (secondary N) is 1. The van der Waals surface area contributed by atoms with Crippen LogP contribution in [0.5, 0.6) is 5.88 Å². The van der Waals surface area contributed by atoms with Crippen LogP contribution in [0.25, 0.3) is 10.2 Å². The van der Waals surface area contributed by atoms with Gasteiger partial charge in [-0.25, -0.2) is 4.98 Å². The monoisotopic (exact) mass is 305 g/mol. The van der Waals surface area contributed by atoms with Crippen LogP contribution in [-0.2, 0) is 6.54 Å². The summed E-state index contributed by atoms with van der Waals surface area (Å²) in [6.07, 6.45) is 1.65. The first-order valence-electron chi connectivity index (χ1n) is 5.88. The van der Waals surface area contributed by atoms with Gasteiger partial charge in [0.15, 0.2) is 4.77 Å². The Balaban J connectivity index is 2.10. The highest BCUT2D eigenvalue weighted by molar-refractivity contribution is 7.71. The van der Waals surface area contributed by atoms with Crippen LogP contribution in [0, 0.1) is 4.77 Å². The third-order valence-electron chi connectivity index (χ3n) is 2.94. The fourth-order valence-corrected chi connectivity index (χ4v) is 3.01. The molecule has 0 amide bonds. The number of aromatic nitrogens is 3. The van der Waals surface area contributed by atoms with Crippen LogP contribution >= 0.6 is 23.6 Å². The van der Waals surface area contributed by atoms with Crippen LogP contribution in [-0.4, -0.2) is 21.6 Å². The largest absolute Gasteiger partial charge is 0.481 e. The van der Waals surface area contributed by atoms with E-state index >= 15 is 0 Å². The molecule has 5 nitrogen and oxygen atoms in total. The molecular formula is C13H11N3O2S2. The summed E-state index contributed by atoms with van der Waals surface area (Å²) in [5.41, 5.74) is 1.62. The second kappa shape index (κ2) is 5.18. The van der Waals surface area contributed by atoms with E-state index in [-0.39, 0.29) is 5.56 Å². The fourth-order valence-electron chi connectivity index (χ4n) is 1.96. The number of aromatic amines is 1. The fraction of sp³-hybridized carbons (Fsp3) is 0.154. The minimum absolute atomic E-state index is 0.0745. The van der Waals surface area contributed by atoms with Gasteiger partial charge in [0.1, 0.15) is 4.70 Å². The van der Waals surface area contributed by atoms with Crippen molar-refractivity contribution in [2.75, 3.05) is 7.11 Å². The lowest BCUT2D eigenvalue weighted by Gasteiger charge is -2.07. The Hall–Kier alpha value is -1.99. The lowest BCUT2D eigenvalue weighted by atomic mass is 10.2. The molecule has 0 radical (unpaired) electrons. The first kappa shape index (κ1) is 13.0. The van der Waals surface area contributed by atoms with Gasteiger partial charge in [0.2, 0.25) is 5.88 Å². The summed E-state index contributed by atoms with van der Waals surface area (Å²) in [5, 5.41) is 1.87. The Labute approximate surface area is 123 Å². The molecule has 0 bridgehead atoms. The van der Waals surface area contributed by atoms with Crippen LogP contribution in [0.15, 0.2) is 34.6 Å². The maximum atomic E-state index is 12.4. The molecule has 0 spiro atoms. The second-order valence-corrected chi connectivity index (χ2v) is 5.49. The number of pyridine rings is 1. The highest BCUT2D eigenvalue weighted by Crippen LogP contribution is 2.15. The zero-order valence-corrected chi connectivity index (χ0v) is 12.3. The molecule has 0 fully saturated rings.